The Kier molecular flexibility index (Phi) is 4.59. The lowest BCUT2D eigenvalue weighted by atomic mass is 9.81. The fraction of sp³-hybridized carbons (Fsp3) is 0.529. The maximum atomic E-state index is 6.11. The first-order valence-corrected chi connectivity index (χ1v) is 8.30. The van der Waals surface area contributed by atoms with E-state index in [2.05, 4.69) is 22.4 Å². The first-order valence-electron chi connectivity index (χ1n) is 7.92. The Morgan fingerprint density at radius 3 is 2.43 bits per heavy atom. The molecule has 2 aromatic rings. The van der Waals surface area contributed by atoms with Crippen LogP contribution < -0.4 is 5.32 Å². The van der Waals surface area contributed by atoms with E-state index in [1.165, 1.54) is 32.1 Å². The summed E-state index contributed by atoms with van der Waals surface area (Å²) in [4.78, 5) is 0. The summed E-state index contributed by atoms with van der Waals surface area (Å²) in [6.45, 7) is 3.29. The molecule has 1 aromatic carbocycles. The first-order chi connectivity index (χ1) is 10.3. The van der Waals surface area contributed by atoms with Crippen molar-refractivity contribution in [3.05, 3.63) is 29.4 Å². The molecule has 1 N–H and O–H groups in total. The van der Waals surface area contributed by atoms with Crippen molar-refractivity contribution in [3.8, 4) is 0 Å². The Morgan fingerprint density at radius 1 is 1.05 bits per heavy atom. The molecule has 1 saturated carbocycles. The third-order valence-corrected chi connectivity index (χ3v) is 5.02. The highest BCUT2D eigenvalue weighted by molar-refractivity contribution is 6.34. The standard InChI is InChI=1S/C17H22ClN3/c1-2-12-7-9-13(10-8-12)11-19-17-15-6-4-3-5-14(15)16(18)20-21-17/h3-6,12-13H,2,7-11H2,1H3,(H,19,21). The van der Waals surface area contributed by atoms with Crippen molar-refractivity contribution in [2.75, 3.05) is 11.9 Å². The monoisotopic (exact) mass is 303 g/mol. The third-order valence-electron chi connectivity index (χ3n) is 4.74. The smallest absolute Gasteiger partial charge is 0.159 e. The number of nitrogens with one attached hydrogen (secondary N) is 1. The SMILES string of the molecule is CCC1CCC(CNc2nnc(Cl)c3ccccc23)CC1. The van der Waals surface area contributed by atoms with E-state index in [1.54, 1.807) is 0 Å². The van der Waals surface area contributed by atoms with Crippen LogP contribution in [-0.2, 0) is 0 Å². The number of nitrogens with zero attached hydrogens (tertiary/aromatic N) is 2. The zero-order chi connectivity index (χ0) is 14.7. The predicted octanol–water partition coefficient (Wildman–Crippen LogP) is 4.91. The molecule has 1 aliphatic rings. The van der Waals surface area contributed by atoms with Gasteiger partial charge in [-0.05, 0) is 24.7 Å². The van der Waals surface area contributed by atoms with E-state index in [-0.39, 0.29) is 0 Å². The average Bonchev–Trinajstić information content (AvgIpc) is 2.55. The number of hydrogen-bond acceptors (Lipinski definition) is 3. The van der Waals surface area contributed by atoms with Gasteiger partial charge in [0.1, 0.15) is 0 Å². The number of halogens is 1. The molecule has 21 heavy (non-hydrogen) atoms. The Labute approximate surface area is 131 Å². The van der Waals surface area contributed by atoms with Crippen molar-refractivity contribution in [2.45, 2.75) is 39.0 Å². The number of anilines is 1. The maximum Gasteiger partial charge on any atom is 0.159 e. The molecule has 4 heteroatoms. The van der Waals surface area contributed by atoms with Gasteiger partial charge >= 0.3 is 0 Å². The Hall–Kier alpha value is -1.35. The molecule has 1 heterocycles. The quantitative estimate of drug-likeness (QED) is 0.872. The lowest BCUT2D eigenvalue weighted by molar-refractivity contribution is 0.278. The van der Waals surface area contributed by atoms with Gasteiger partial charge in [-0.25, -0.2) is 0 Å². The molecule has 0 aliphatic heterocycles. The van der Waals surface area contributed by atoms with E-state index >= 15 is 0 Å². The molecule has 0 bridgehead atoms. The lowest BCUT2D eigenvalue weighted by Gasteiger charge is -2.28. The van der Waals surface area contributed by atoms with Gasteiger partial charge in [0.15, 0.2) is 11.0 Å². The van der Waals surface area contributed by atoms with E-state index in [4.69, 9.17) is 11.6 Å². The second kappa shape index (κ2) is 6.61. The summed E-state index contributed by atoms with van der Waals surface area (Å²) >= 11 is 6.11. The van der Waals surface area contributed by atoms with E-state index in [1.807, 2.05) is 24.3 Å². The van der Waals surface area contributed by atoms with Crippen molar-refractivity contribution >= 4 is 28.2 Å². The minimum Gasteiger partial charge on any atom is -0.368 e. The highest BCUT2D eigenvalue weighted by Gasteiger charge is 2.20. The van der Waals surface area contributed by atoms with E-state index in [0.29, 0.717) is 5.15 Å². The van der Waals surface area contributed by atoms with Crippen molar-refractivity contribution in [1.82, 2.24) is 10.2 Å². The molecule has 3 rings (SSSR count). The van der Waals surface area contributed by atoms with Gasteiger partial charge in [-0.2, -0.15) is 0 Å². The van der Waals surface area contributed by atoms with E-state index < -0.39 is 0 Å². The molecule has 0 spiro atoms. The van der Waals surface area contributed by atoms with Crippen molar-refractivity contribution in [2.24, 2.45) is 11.8 Å². The van der Waals surface area contributed by atoms with Gasteiger partial charge in [-0.1, -0.05) is 62.1 Å². The second-order valence-electron chi connectivity index (χ2n) is 6.06. The highest BCUT2D eigenvalue weighted by atomic mass is 35.5. The molecule has 112 valence electrons. The lowest BCUT2D eigenvalue weighted by Crippen LogP contribution is -2.21. The zero-order valence-corrected chi connectivity index (χ0v) is 13.2. The van der Waals surface area contributed by atoms with Crippen LogP contribution in [0.1, 0.15) is 39.0 Å². The fourth-order valence-electron chi connectivity index (χ4n) is 3.29. The summed E-state index contributed by atoms with van der Waals surface area (Å²) in [5.74, 6) is 2.55. The molecule has 0 saturated heterocycles. The number of benzene rings is 1. The second-order valence-corrected chi connectivity index (χ2v) is 6.42. The van der Waals surface area contributed by atoms with Crippen LogP contribution in [0.2, 0.25) is 5.15 Å². The average molecular weight is 304 g/mol. The van der Waals surface area contributed by atoms with E-state index in [9.17, 15) is 0 Å². The maximum absolute atomic E-state index is 6.11. The molecule has 1 fully saturated rings. The summed E-state index contributed by atoms with van der Waals surface area (Å²) in [5.41, 5.74) is 0. The normalized spacial score (nSPS) is 22.4. The summed E-state index contributed by atoms with van der Waals surface area (Å²) < 4.78 is 0. The molecule has 1 aliphatic carbocycles. The largest absolute Gasteiger partial charge is 0.368 e. The number of aromatic nitrogens is 2. The molecule has 0 atom stereocenters. The molecule has 0 amide bonds. The molecular formula is C17H22ClN3. The van der Waals surface area contributed by atoms with Crippen LogP contribution in [0.15, 0.2) is 24.3 Å². The van der Waals surface area contributed by atoms with Gasteiger partial charge in [0.2, 0.25) is 0 Å². The van der Waals surface area contributed by atoms with Crippen molar-refractivity contribution in [3.63, 3.8) is 0 Å². The summed E-state index contributed by atoms with van der Waals surface area (Å²) in [6, 6.07) is 8.03. The summed E-state index contributed by atoms with van der Waals surface area (Å²) in [6.07, 6.45) is 6.72. The third kappa shape index (κ3) is 3.29. The fourth-order valence-corrected chi connectivity index (χ4v) is 3.49. The molecule has 3 nitrogen and oxygen atoms in total. The van der Waals surface area contributed by atoms with Gasteiger partial charge in [0.05, 0.1) is 0 Å². The molecule has 1 aromatic heterocycles. The molecule has 0 radical (unpaired) electrons. The van der Waals surface area contributed by atoms with Crippen molar-refractivity contribution < 1.29 is 0 Å². The van der Waals surface area contributed by atoms with Crippen LogP contribution in [0.4, 0.5) is 5.82 Å². The van der Waals surface area contributed by atoms with Crippen LogP contribution in [0, 0.1) is 11.8 Å². The number of fused-ring (bicyclic) bond motifs is 1. The van der Waals surface area contributed by atoms with Crippen LogP contribution in [0.5, 0.6) is 0 Å². The van der Waals surface area contributed by atoms with Gasteiger partial charge in [-0.15, -0.1) is 10.2 Å². The van der Waals surface area contributed by atoms with Crippen LogP contribution in [0.25, 0.3) is 10.8 Å². The number of rotatable bonds is 4. The number of hydrogen-bond donors (Lipinski definition) is 1. The van der Waals surface area contributed by atoms with Gasteiger partial charge in [0, 0.05) is 17.3 Å². The van der Waals surface area contributed by atoms with Gasteiger partial charge < -0.3 is 5.32 Å². The summed E-state index contributed by atoms with van der Waals surface area (Å²) in [5, 5.41) is 14.3. The summed E-state index contributed by atoms with van der Waals surface area (Å²) in [7, 11) is 0. The topological polar surface area (TPSA) is 37.8 Å². The van der Waals surface area contributed by atoms with E-state index in [0.717, 1.165) is 35.0 Å². The van der Waals surface area contributed by atoms with Crippen LogP contribution in [-0.4, -0.2) is 16.7 Å². The Morgan fingerprint density at radius 2 is 1.71 bits per heavy atom. The predicted molar refractivity (Wildman–Crippen MR) is 88.8 cm³/mol. The van der Waals surface area contributed by atoms with Crippen molar-refractivity contribution in [1.29, 1.82) is 0 Å². The molecule has 0 unspecified atom stereocenters. The zero-order valence-electron chi connectivity index (χ0n) is 12.5. The molecular weight excluding hydrogens is 282 g/mol. The minimum absolute atomic E-state index is 0.472. The van der Waals surface area contributed by atoms with Gasteiger partial charge in [-0.3, -0.25) is 0 Å². The Bertz CT molecular complexity index is 606. The minimum atomic E-state index is 0.472. The van der Waals surface area contributed by atoms with Crippen LogP contribution >= 0.6 is 11.6 Å². The Balaban J connectivity index is 1.67. The van der Waals surface area contributed by atoms with Crippen LogP contribution in [0.3, 0.4) is 0 Å². The van der Waals surface area contributed by atoms with Gasteiger partial charge in [0.25, 0.3) is 0 Å². The first kappa shape index (κ1) is 14.6. The highest BCUT2D eigenvalue weighted by Crippen LogP contribution is 2.31.